The number of carbonyl (C=O) groups is 1. The third-order valence-corrected chi connectivity index (χ3v) is 29.3. The first-order valence-corrected chi connectivity index (χ1v) is 45.5. The maximum Gasteiger partial charge on any atom is 0.351 e. The Hall–Kier alpha value is -2.50. The maximum atomic E-state index is 10.3. The molecule has 7 fully saturated rings. The summed E-state index contributed by atoms with van der Waals surface area (Å²) >= 11 is 15.0. The van der Waals surface area contributed by atoms with Crippen molar-refractivity contribution in [1.29, 1.82) is 0 Å². The topological polar surface area (TPSA) is 221 Å². The SMILES string of the molecule is C.C=C(Br)CC(C)=O.C=C(CC1(C)SCCCS1)[C-](C)[C@H]1COC(C)(C)O1.C=C(CC1(C)SCCCS1)[C@H](OCc1ccc(OC)cc1)[C@H](O)CO.C=C[C@@H](O)[C@@H](OCc1ccc(OC)cc1)C(=C)CC1(C)SCCCS1.C=C[C@H]1O[C@](C)(OC)CC(=C)[C@@H]1OCc1ccc(OC)cc1.C=C[C@H]1O[C@](C)(OC)C[C@@]2(CO2)[C@@H]1O.C[B]F.FF.[Y]. The van der Waals surface area contributed by atoms with Crippen LogP contribution in [0.3, 0.4) is 0 Å². The van der Waals surface area contributed by atoms with E-state index in [0.29, 0.717) is 59.9 Å². The van der Waals surface area contributed by atoms with Crippen molar-refractivity contribution in [3.63, 3.8) is 0 Å². The number of aliphatic hydroxyl groups is 4. The molecule has 18 nitrogen and oxygen atoms in total. The zero-order valence-electron chi connectivity index (χ0n) is 72.0. The minimum Gasteiger partial charge on any atom is -0.497 e. The van der Waals surface area contributed by atoms with E-state index in [1.165, 1.54) is 73.6 Å². The van der Waals surface area contributed by atoms with Crippen molar-refractivity contribution in [2.24, 2.45) is 0 Å². The standard InChI is InChI=1S/C20H28O3S2.C19H28O4S2.C18H24O4.C15H25O2S2.C10H16O4.C5H7BrO.CH3BF.CH4.F2.Y/c1-5-18(21)19(15(2)13-20(3)24-11-6-12-25-20)23-14-16-7-9-17(22-4)10-8-16;1-14(11-19(2)24-9-4-10-25-19)18(17(21)12-20)23-13-15-5-7-16(22-3)8-6-15;1-6-16-17(13(2)11-18(3,20-5)22-16)21-12-14-7-9-15(19-4)10-8-14;1-11(9-15(5)18-7-6-8-19-15)12(2)13-10-16-14(3,4)17-13;1-4-7-8(11)10(6-13-10)5-9(2,12-3)14-7;1-4(6)3-5(2)7;1-2-3;;1-2;/h5,7-10,18-19,21H,1-2,6,11-14H2,3-4H3;5-8,17-18,20-21H,1,4,9-13H2,2-3H3;6-10,16-17H,1-2,11-12H2,3-5H3;13H,1,6-10H2,2-5H3;4,7-8,11H,1,5-6H2,2-3H3;1,3H2,2H3;1H3;1H4;;/q;;;-1;;;;;;/t18-,19+;17-,18+;16-,17+,18+;13-;7-,8-,9+,10-;;;;;/m11111...../s1. The molecular weight excluding hydrogens is 1790 g/mol. The van der Waals surface area contributed by atoms with Crippen molar-refractivity contribution < 1.29 is 133 Å². The summed E-state index contributed by atoms with van der Waals surface area (Å²) in [6.45, 7) is 53.1. The first-order valence-electron chi connectivity index (χ1n) is 38.8. The van der Waals surface area contributed by atoms with Gasteiger partial charge in [0.15, 0.2) is 17.4 Å². The zero-order valence-corrected chi connectivity index (χ0v) is 81.3. The number of halogens is 4. The molecule has 7 heterocycles. The van der Waals surface area contributed by atoms with Gasteiger partial charge in [0.05, 0.1) is 73.2 Å². The predicted octanol–water partition coefficient (Wildman–Crippen LogP) is 20.3. The van der Waals surface area contributed by atoms with Gasteiger partial charge in [-0.15, -0.1) is 97.2 Å². The summed E-state index contributed by atoms with van der Waals surface area (Å²) in [6.07, 6.45) is 8.65. The molecule has 0 bridgehead atoms. The van der Waals surface area contributed by atoms with Gasteiger partial charge >= 0.3 is 7.56 Å². The Kier molecular flexibility index (Phi) is 55.9. The Balaban J connectivity index is 0.000000721. The normalized spacial score (nSPS) is 24.7. The van der Waals surface area contributed by atoms with Gasteiger partial charge in [0.1, 0.15) is 77.5 Å². The van der Waals surface area contributed by atoms with E-state index in [9.17, 15) is 29.5 Å². The van der Waals surface area contributed by atoms with Crippen LogP contribution in [-0.2, 0) is 105 Å². The van der Waals surface area contributed by atoms with Crippen LogP contribution >= 0.6 is 86.5 Å². The number of allylic oxidation sites excluding steroid dienone is 1. The molecule has 30 heteroatoms. The third kappa shape index (κ3) is 41.0. The molecule has 0 saturated carbocycles. The van der Waals surface area contributed by atoms with Crippen LogP contribution in [0.25, 0.3) is 0 Å². The molecule has 3 aromatic carbocycles. The number of ketones is 1. The molecule has 7 aliphatic heterocycles. The summed E-state index contributed by atoms with van der Waals surface area (Å²) in [5.41, 5.74) is 6.53. The molecule has 2 radical (unpaired) electrons. The number of hydrogen-bond acceptors (Lipinski definition) is 24. The first-order chi connectivity index (χ1) is 55.4. The van der Waals surface area contributed by atoms with Crippen molar-refractivity contribution in [2.75, 3.05) is 89.9 Å². The van der Waals surface area contributed by atoms with Crippen molar-refractivity contribution >= 4 is 99.8 Å². The van der Waals surface area contributed by atoms with Crippen LogP contribution in [0.4, 0.5) is 13.5 Å². The van der Waals surface area contributed by atoms with Crippen molar-refractivity contribution in [3.05, 3.63) is 193 Å². The molecule has 4 N–H and O–H groups in total. The van der Waals surface area contributed by atoms with Crippen molar-refractivity contribution in [1.82, 2.24) is 0 Å². The van der Waals surface area contributed by atoms with Gasteiger partial charge in [-0.3, -0.25) is 4.79 Å². The number of ether oxygens (including phenoxy) is 13. The van der Waals surface area contributed by atoms with Gasteiger partial charge in [-0.2, -0.15) is 5.92 Å². The number of benzene rings is 3. The quantitative estimate of drug-likeness (QED) is 0.0197. The number of Topliss-reactive ketones (excluding diaryl/α,β-unsaturated/α-hetero) is 1. The summed E-state index contributed by atoms with van der Waals surface area (Å²) in [4.78, 5) is 10.2. The first kappa shape index (κ1) is 115. The van der Waals surface area contributed by atoms with Crippen LogP contribution in [0.2, 0.25) is 6.82 Å². The fourth-order valence-electron chi connectivity index (χ4n) is 12.8. The van der Waals surface area contributed by atoms with Crippen LogP contribution in [0.1, 0.15) is 144 Å². The number of rotatable bonds is 32. The molecule has 12 atom stereocenters. The molecule has 0 amide bonds. The molecule has 1 spiro atoms. The van der Waals surface area contributed by atoms with Gasteiger partial charge in [0.2, 0.25) is 0 Å². The van der Waals surface area contributed by atoms with Gasteiger partial charge in [-0.05, 0) is 203 Å². The Bertz CT molecular complexity index is 3460. The summed E-state index contributed by atoms with van der Waals surface area (Å²) < 4.78 is 99.9. The summed E-state index contributed by atoms with van der Waals surface area (Å²) in [7, 11) is 8.65. The summed E-state index contributed by atoms with van der Waals surface area (Å²) in [6, 6.07) is 23.1. The smallest absolute Gasteiger partial charge is 0.351 e. The van der Waals surface area contributed by atoms with Gasteiger partial charge in [-0.1, -0.05) is 111 Å². The Morgan fingerprint density at radius 3 is 1.37 bits per heavy atom. The molecule has 3 aromatic rings. The molecule has 7 aliphatic rings. The van der Waals surface area contributed by atoms with Crippen molar-refractivity contribution in [3.8, 4) is 17.2 Å². The van der Waals surface area contributed by atoms with Crippen LogP contribution in [-0.4, -0.2) is 214 Å². The molecule has 0 aromatic heterocycles. The molecule has 0 aliphatic carbocycles. The summed E-state index contributed by atoms with van der Waals surface area (Å²) in [5, 5.41) is 39.8. The largest absolute Gasteiger partial charge is 0.497 e. The van der Waals surface area contributed by atoms with E-state index in [4.69, 9.17) is 70.7 Å². The second-order valence-corrected chi connectivity index (χ2v) is 41.4. The van der Waals surface area contributed by atoms with Crippen LogP contribution in [0, 0.1) is 5.92 Å². The predicted molar refractivity (Wildman–Crippen MR) is 492 cm³/mol. The fourth-order valence-corrected chi connectivity index (χ4v) is 22.3. The second-order valence-electron chi connectivity index (χ2n) is 30.0. The minimum atomic E-state index is -0.965. The van der Waals surface area contributed by atoms with Crippen LogP contribution in [0.5, 0.6) is 17.2 Å². The average molecular weight is 1920 g/mol. The summed E-state index contributed by atoms with van der Waals surface area (Å²) in [5.74, 6) is 9.21. The van der Waals surface area contributed by atoms with E-state index in [1.807, 2.05) is 148 Å². The van der Waals surface area contributed by atoms with Crippen molar-refractivity contribution in [2.45, 2.75) is 244 Å². The van der Waals surface area contributed by atoms with E-state index in [0.717, 1.165) is 85.9 Å². The van der Waals surface area contributed by atoms with E-state index in [1.54, 1.807) is 47.7 Å². The number of carbonyl (C=O) groups excluding carboxylic acids is 1. The molecule has 7 saturated heterocycles. The Labute approximate surface area is 770 Å². The molecule has 670 valence electrons. The Morgan fingerprint density at radius 1 is 0.647 bits per heavy atom. The van der Waals surface area contributed by atoms with E-state index in [2.05, 4.69) is 120 Å². The number of hydrogen-bond donors (Lipinski definition) is 4. The number of aliphatic hydroxyl groups excluding tert-OH is 4. The van der Waals surface area contributed by atoms with Crippen LogP contribution < -0.4 is 14.2 Å². The second kappa shape index (κ2) is 58.1. The molecule has 0 unspecified atom stereocenters. The molecule has 10 rings (SSSR count). The van der Waals surface area contributed by atoms with Gasteiger partial charge in [-0.25, -0.2) is 12.2 Å². The molecule has 119 heavy (non-hydrogen) atoms. The molecular formula is C89H135BBrF3O18S6Y-. The van der Waals surface area contributed by atoms with Gasteiger partial charge in [0, 0.05) is 81.4 Å². The van der Waals surface area contributed by atoms with E-state index >= 15 is 0 Å². The minimum absolute atomic E-state index is 0. The number of methoxy groups -OCH3 is 5. The number of thioether (sulfide) groups is 6. The van der Waals surface area contributed by atoms with E-state index < -0.39 is 59.6 Å². The number of epoxide rings is 1. The third-order valence-electron chi connectivity index (χ3n) is 19.4. The van der Waals surface area contributed by atoms with Gasteiger partial charge in [0.25, 0.3) is 0 Å². The zero-order chi connectivity index (χ0) is 87.8. The monoisotopic (exact) mass is 1920 g/mol. The average Bonchev–Trinajstić information content (AvgIpc) is 1.58. The van der Waals surface area contributed by atoms with Gasteiger partial charge < -0.3 is 86.3 Å². The Morgan fingerprint density at radius 2 is 1.03 bits per heavy atom. The maximum absolute atomic E-state index is 10.3. The van der Waals surface area contributed by atoms with Crippen LogP contribution in [0.15, 0.2) is 170 Å². The fraction of sp³-hybridized carbons (Fsp3) is 0.596. The van der Waals surface area contributed by atoms with E-state index in [-0.39, 0.29) is 83.1 Å².